The van der Waals surface area contributed by atoms with Crippen LogP contribution < -0.4 is 9.64 Å². The summed E-state index contributed by atoms with van der Waals surface area (Å²) in [5, 5.41) is 10.7. The lowest BCUT2D eigenvalue weighted by Gasteiger charge is -2.22. The van der Waals surface area contributed by atoms with Gasteiger partial charge in [-0.1, -0.05) is 0 Å². The average Bonchev–Trinajstić information content (AvgIpc) is 2.82. The minimum absolute atomic E-state index is 0.222. The van der Waals surface area contributed by atoms with E-state index in [1.165, 1.54) is 4.90 Å². The number of hydrogen-bond acceptors (Lipinski definition) is 6. The second-order valence-electron chi connectivity index (χ2n) is 5.64. The average molecular weight is 339 g/mol. The maximum atomic E-state index is 9.65. The van der Waals surface area contributed by atoms with Crippen molar-refractivity contribution in [2.24, 2.45) is 0 Å². The Kier molecular flexibility index (Phi) is 3.90. The van der Waals surface area contributed by atoms with Gasteiger partial charge in [-0.05, 0) is 36.6 Å². The van der Waals surface area contributed by atoms with Crippen LogP contribution in [0.5, 0.6) is 11.5 Å². The molecular weight excluding hydrogens is 322 g/mol. The topological polar surface area (TPSA) is 58.5 Å². The van der Waals surface area contributed by atoms with Gasteiger partial charge < -0.3 is 14.7 Å². The van der Waals surface area contributed by atoms with Crippen LogP contribution in [-0.2, 0) is 6.54 Å². The number of phenols is 1. The molecule has 4 rings (SSSR count). The fraction of sp³-hybridized carbons (Fsp3) is 0.222. The molecule has 0 amide bonds. The summed E-state index contributed by atoms with van der Waals surface area (Å²) in [6.07, 6.45) is 3.67. The molecule has 6 heteroatoms. The van der Waals surface area contributed by atoms with Crippen molar-refractivity contribution in [1.82, 2.24) is 9.97 Å². The number of rotatable bonds is 2. The molecule has 2 heterocycles. The number of hydrogen-bond donors (Lipinski definition) is 1. The van der Waals surface area contributed by atoms with E-state index in [2.05, 4.69) is 33.3 Å². The zero-order chi connectivity index (χ0) is 16.5. The van der Waals surface area contributed by atoms with Gasteiger partial charge in [0.1, 0.15) is 30.3 Å². The molecule has 5 nitrogen and oxygen atoms in total. The quantitative estimate of drug-likeness (QED) is 0.722. The fourth-order valence-electron chi connectivity index (χ4n) is 2.94. The third-order valence-corrected chi connectivity index (χ3v) is 4.88. The number of ether oxygens (including phenoxy) is 1. The second kappa shape index (κ2) is 6.20. The van der Waals surface area contributed by atoms with Crippen LogP contribution in [-0.4, -0.2) is 34.5 Å². The normalized spacial score (nSPS) is 14.1. The van der Waals surface area contributed by atoms with Crippen LogP contribution in [0, 0.1) is 0 Å². The largest absolute Gasteiger partial charge is 0.508 e. The lowest BCUT2D eigenvalue weighted by Crippen LogP contribution is -2.26. The summed E-state index contributed by atoms with van der Waals surface area (Å²) >= 11 is 1.71. The molecule has 1 aliphatic rings. The maximum Gasteiger partial charge on any atom is 0.140 e. The summed E-state index contributed by atoms with van der Waals surface area (Å²) in [4.78, 5) is 12.3. The summed E-state index contributed by atoms with van der Waals surface area (Å²) in [7, 11) is 0. The Bertz CT molecular complexity index is 901. The Morgan fingerprint density at radius 1 is 1.17 bits per heavy atom. The Balaban J connectivity index is 1.78. The molecule has 0 aliphatic carbocycles. The van der Waals surface area contributed by atoms with Crippen LogP contribution in [0.3, 0.4) is 0 Å². The van der Waals surface area contributed by atoms with E-state index in [-0.39, 0.29) is 5.75 Å². The number of benzene rings is 2. The van der Waals surface area contributed by atoms with Crippen molar-refractivity contribution in [3.05, 3.63) is 48.3 Å². The molecule has 3 aromatic rings. The van der Waals surface area contributed by atoms with Crippen molar-refractivity contribution < 1.29 is 9.84 Å². The minimum atomic E-state index is 0.222. The van der Waals surface area contributed by atoms with Gasteiger partial charge in [0, 0.05) is 28.5 Å². The molecule has 2 aromatic carbocycles. The van der Waals surface area contributed by atoms with Gasteiger partial charge in [-0.15, -0.1) is 11.8 Å². The van der Waals surface area contributed by atoms with Gasteiger partial charge in [0.15, 0.2) is 0 Å². The maximum absolute atomic E-state index is 9.65. The van der Waals surface area contributed by atoms with Gasteiger partial charge in [0.05, 0.1) is 12.1 Å². The number of thioether (sulfide) groups is 1. The number of aromatic nitrogens is 2. The highest BCUT2D eigenvalue weighted by molar-refractivity contribution is 7.98. The predicted octanol–water partition coefficient (Wildman–Crippen LogP) is 3.46. The third kappa shape index (κ3) is 2.73. The molecule has 0 radical (unpaired) electrons. The fourth-order valence-corrected chi connectivity index (χ4v) is 3.38. The molecule has 0 fully saturated rings. The van der Waals surface area contributed by atoms with Crippen molar-refractivity contribution in [1.29, 1.82) is 0 Å². The summed E-state index contributed by atoms with van der Waals surface area (Å²) in [5.74, 6) is 1.88. The molecule has 24 heavy (non-hydrogen) atoms. The SMILES string of the molecule is CSc1ccc2ncnc(N3CCOc4cc(O)ccc4C3)c2c1. The molecule has 0 unspecified atom stereocenters. The van der Waals surface area contributed by atoms with Gasteiger partial charge in [0.25, 0.3) is 0 Å². The first-order valence-electron chi connectivity index (χ1n) is 7.73. The van der Waals surface area contributed by atoms with E-state index in [9.17, 15) is 5.11 Å². The predicted molar refractivity (Wildman–Crippen MR) is 96.0 cm³/mol. The Morgan fingerprint density at radius 2 is 2.08 bits per heavy atom. The van der Waals surface area contributed by atoms with E-state index in [1.54, 1.807) is 30.2 Å². The molecule has 0 saturated heterocycles. The Hall–Kier alpha value is -2.47. The first-order valence-corrected chi connectivity index (χ1v) is 8.95. The molecule has 0 atom stereocenters. The summed E-state index contributed by atoms with van der Waals surface area (Å²) in [6.45, 7) is 1.96. The highest BCUT2D eigenvalue weighted by Crippen LogP contribution is 2.32. The minimum Gasteiger partial charge on any atom is -0.508 e. The van der Waals surface area contributed by atoms with E-state index in [0.29, 0.717) is 13.2 Å². The Morgan fingerprint density at radius 3 is 2.96 bits per heavy atom. The number of nitrogens with zero attached hydrogens (tertiary/aromatic N) is 3. The smallest absolute Gasteiger partial charge is 0.140 e. The highest BCUT2D eigenvalue weighted by Gasteiger charge is 2.19. The number of phenolic OH excluding ortho intramolecular Hbond substituents is 1. The van der Waals surface area contributed by atoms with Crippen LogP contribution in [0.25, 0.3) is 10.9 Å². The van der Waals surface area contributed by atoms with Crippen molar-refractivity contribution in [2.75, 3.05) is 24.3 Å². The number of aromatic hydroxyl groups is 1. The molecule has 1 aromatic heterocycles. The van der Waals surface area contributed by atoms with E-state index in [1.807, 2.05) is 12.1 Å². The van der Waals surface area contributed by atoms with Crippen molar-refractivity contribution in [3.8, 4) is 11.5 Å². The number of fused-ring (bicyclic) bond motifs is 2. The third-order valence-electron chi connectivity index (χ3n) is 4.15. The van der Waals surface area contributed by atoms with E-state index in [0.717, 1.165) is 34.6 Å². The molecule has 0 saturated carbocycles. The monoisotopic (exact) mass is 339 g/mol. The Labute approximate surface area is 144 Å². The summed E-state index contributed by atoms with van der Waals surface area (Å²) < 4.78 is 5.79. The van der Waals surface area contributed by atoms with Crippen LogP contribution in [0.15, 0.2) is 47.6 Å². The molecule has 0 spiro atoms. The van der Waals surface area contributed by atoms with E-state index >= 15 is 0 Å². The second-order valence-corrected chi connectivity index (χ2v) is 6.52. The van der Waals surface area contributed by atoms with Crippen molar-refractivity contribution >= 4 is 28.5 Å². The molecular formula is C18H17N3O2S. The van der Waals surface area contributed by atoms with Crippen LogP contribution in [0.2, 0.25) is 0 Å². The highest BCUT2D eigenvalue weighted by atomic mass is 32.2. The summed E-state index contributed by atoms with van der Waals surface area (Å²) in [5.41, 5.74) is 1.98. The van der Waals surface area contributed by atoms with Crippen LogP contribution >= 0.6 is 11.8 Å². The summed E-state index contributed by atoms with van der Waals surface area (Å²) in [6, 6.07) is 11.5. The first-order chi connectivity index (χ1) is 11.7. The van der Waals surface area contributed by atoms with Crippen LogP contribution in [0.4, 0.5) is 5.82 Å². The first kappa shape index (κ1) is 15.1. The van der Waals surface area contributed by atoms with Crippen molar-refractivity contribution in [2.45, 2.75) is 11.4 Å². The lowest BCUT2D eigenvalue weighted by atomic mass is 10.1. The van der Waals surface area contributed by atoms with Gasteiger partial charge in [-0.25, -0.2) is 9.97 Å². The molecule has 1 aliphatic heterocycles. The van der Waals surface area contributed by atoms with E-state index < -0.39 is 0 Å². The zero-order valence-electron chi connectivity index (χ0n) is 13.3. The molecule has 122 valence electrons. The van der Waals surface area contributed by atoms with Gasteiger partial charge in [0.2, 0.25) is 0 Å². The van der Waals surface area contributed by atoms with Gasteiger partial charge in [-0.3, -0.25) is 0 Å². The van der Waals surface area contributed by atoms with Crippen molar-refractivity contribution in [3.63, 3.8) is 0 Å². The molecule has 1 N–H and O–H groups in total. The molecule has 0 bridgehead atoms. The van der Waals surface area contributed by atoms with Gasteiger partial charge >= 0.3 is 0 Å². The van der Waals surface area contributed by atoms with Crippen LogP contribution in [0.1, 0.15) is 5.56 Å². The standard InChI is InChI=1S/C18H17N3O2S/c1-24-14-4-5-16-15(9-14)18(20-11-19-16)21-6-7-23-17-8-13(22)3-2-12(17)10-21/h2-5,8-9,11,22H,6-7,10H2,1H3. The van der Waals surface area contributed by atoms with Gasteiger partial charge in [-0.2, -0.15) is 0 Å². The number of anilines is 1. The lowest BCUT2D eigenvalue weighted by molar-refractivity contribution is 0.329. The van der Waals surface area contributed by atoms with E-state index in [4.69, 9.17) is 4.74 Å². The zero-order valence-corrected chi connectivity index (χ0v) is 14.1.